The second kappa shape index (κ2) is 3.60. The van der Waals surface area contributed by atoms with Gasteiger partial charge in [-0.25, -0.2) is 0 Å². The molecular weight excluding hydrogens is 249 g/mol. The summed E-state index contributed by atoms with van der Waals surface area (Å²) in [5, 5.41) is 0.767. The molecule has 1 unspecified atom stereocenters. The van der Waals surface area contributed by atoms with Crippen molar-refractivity contribution in [3.8, 4) is 0 Å². The lowest BCUT2D eigenvalue weighted by molar-refractivity contribution is 0.569. The molecule has 1 nitrogen and oxygen atoms in total. The Balaban J connectivity index is 2.56. The van der Waals surface area contributed by atoms with Gasteiger partial charge in [-0.15, -0.1) is 0 Å². The van der Waals surface area contributed by atoms with Crippen LogP contribution >= 0.6 is 27.5 Å². The maximum Gasteiger partial charge on any atom is 0.0420 e. The molecule has 1 atom stereocenters. The molecule has 1 aromatic carbocycles. The number of hydrogen-bond donors (Lipinski definition) is 1. The summed E-state index contributed by atoms with van der Waals surface area (Å²) in [7, 11) is 0. The monoisotopic (exact) mass is 259 g/mol. The Labute approximate surface area is 91.4 Å². The van der Waals surface area contributed by atoms with Gasteiger partial charge in [0, 0.05) is 15.5 Å². The zero-order valence-corrected chi connectivity index (χ0v) is 9.53. The molecule has 0 amide bonds. The summed E-state index contributed by atoms with van der Waals surface area (Å²) in [5.74, 6) is 0. The van der Waals surface area contributed by atoms with E-state index in [0.29, 0.717) is 0 Å². The molecule has 13 heavy (non-hydrogen) atoms. The summed E-state index contributed by atoms with van der Waals surface area (Å²) in [6.07, 6.45) is 3.36. The normalized spacial score (nSPS) is 21.3. The highest BCUT2D eigenvalue weighted by Crippen LogP contribution is 2.35. The highest BCUT2D eigenvalue weighted by atomic mass is 79.9. The fourth-order valence-corrected chi connectivity index (χ4v) is 2.90. The number of rotatable bonds is 0. The molecule has 1 aliphatic rings. The standard InChI is InChI=1S/C10H11BrClN/c11-9-5-6(12)4-8-7(9)2-1-3-10(8)13/h4-5,10H,1-3,13H2. The Morgan fingerprint density at radius 1 is 1.46 bits per heavy atom. The molecule has 0 aliphatic heterocycles. The van der Waals surface area contributed by atoms with Gasteiger partial charge in [0.2, 0.25) is 0 Å². The molecule has 2 rings (SSSR count). The van der Waals surface area contributed by atoms with Crippen molar-refractivity contribution in [2.75, 3.05) is 0 Å². The van der Waals surface area contributed by atoms with Gasteiger partial charge < -0.3 is 5.73 Å². The smallest absolute Gasteiger partial charge is 0.0420 e. The zero-order valence-electron chi connectivity index (χ0n) is 7.19. The van der Waals surface area contributed by atoms with Crippen molar-refractivity contribution in [2.45, 2.75) is 25.3 Å². The van der Waals surface area contributed by atoms with E-state index in [-0.39, 0.29) is 6.04 Å². The van der Waals surface area contributed by atoms with E-state index in [2.05, 4.69) is 15.9 Å². The van der Waals surface area contributed by atoms with Crippen LogP contribution in [0.3, 0.4) is 0 Å². The second-order valence-electron chi connectivity index (χ2n) is 3.45. The fourth-order valence-electron chi connectivity index (χ4n) is 1.87. The average molecular weight is 261 g/mol. The van der Waals surface area contributed by atoms with Gasteiger partial charge in [-0.1, -0.05) is 27.5 Å². The van der Waals surface area contributed by atoms with Gasteiger partial charge in [0.15, 0.2) is 0 Å². The van der Waals surface area contributed by atoms with Crippen molar-refractivity contribution in [2.24, 2.45) is 5.73 Å². The summed E-state index contributed by atoms with van der Waals surface area (Å²) in [4.78, 5) is 0. The van der Waals surface area contributed by atoms with Gasteiger partial charge in [-0.3, -0.25) is 0 Å². The Kier molecular flexibility index (Phi) is 2.63. The number of nitrogens with two attached hydrogens (primary N) is 1. The summed E-state index contributed by atoms with van der Waals surface area (Å²) in [5.41, 5.74) is 8.55. The maximum atomic E-state index is 6.00. The van der Waals surface area contributed by atoms with Crippen LogP contribution in [0.4, 0.5) is 0 Å². The largest absolute Gasteiger partial charge is 0.324 e. The minimum Gasteiger partial charge on any atom is -0.324 e. The molecule has 0 radical (unpaired) electrons. The van der Waals surface area contributed by atoms with Crippen LogP contribution in [0, 0.1) is 0 Å². The SMILES string of the molecule is NC1CCCc2c(Br)cc(Cl)cc21. The van der Waals surface area contributed by atoms with Gasteiger partial charge in [0.05, 0.1) is 0 Å². The minimum absolute atomic E-state index is 0.166. The van der Waals surface area contributed by atoms with E-state index in [9.17, 15) is 0 Å². The van der Waals surface area contributed by atoms with E-state index in [1.165, 1.54) is 17.5 Å². The average Bonchev–Trinajstić information content (AvgIpc) is 2.07. The molecule has 2 N–H and O–H groups in total. The molecule has 0 heterocycles. The van der Waals surface area contributed by atoms with Crippen LogP contribution < -0.4 is 5.73 Å². The van der Waals surface area contributed by atoms with E-state index >= 15 is 0 Å². The van der Waals surface area contributed by atoms with Crippen LogP contribution in [0.25, 0.3) is 0 Å². The first-order valence-corrected chi connectivity index (χ1v) is 5.59. The Morgan fingerprint density at radius 3 is 3.00 bits per heavy atom. The quantitative estimate of drug-likeness (QED) is 0.760. The van der Waals surface area contributed by atoms with Crippen molar-refractivity contribution < 1.29 is 0 Å². The van der Waals surface area contributed by atoms with Gasteiger partial charge in [-0.2, -0.15) is 0 Å². The minimum atomic E-state index is 0.166. The van der Waals surface area contributed by atoms with Crippen LogP contribution in [-0.2, 0) is 6.42 Å². The Bertz CT molecular complexity index is 338. The van der Waals surface area contributed by atoms with Crippen molar-refractivity contribution in [1.82, 2.24) is 0 Å². The Hall–Kier alpha value is -0.0500. The van der Waals surface area contributed by atoms with Crippen molar-refractivity contribution in [1.29, 1.82) is 0 Å². The summed E-state index contributed by atoms with van der Waals surface area (Å²) in [6.45, 7) is 0. The lowest BCUT2D eigenvalue weighted by atomic mass is 9.88. The molecule has 0 bridgehead atoms. The first kappa shape index (κ1) is 9.50. The van der Waals surface area contributed by atoms with Crippen molar-refractivity contribution in [3.05, 3.63) is 32.8 Å². The second-order valence-corrected chi connectivity index (χ2v) is 4.74. The molecule has 0 spiro atoms. The van der Waals surface area contributed by atoms with Gasteiger partial charge in [0.1, 0.15) is 0 Å². The summed E-state index contributed by atoms with van der Waals surface area (Å²) in [6, 6.07) is 4.10. The van der Waals surface area contributed by atoms with Crippen LogP contribution in [-0.4, -0.2) is 0 Å². The van der Waals surface area contributed by atoms with Crippen molar-refractivity contribution >= 4 is 27.5 Å². The van der Waals surface area contributed by atoms with Crippen LogP contribution in [0.1, 0.15) is 30.0 Å². The first-order chi connectivity index (χ1) is 6.18. The fraction of sp³-hybridized carbons (Fsp3) is 0.400. The third-order valence-corrected chi connectivity index (χ3v) is 3.46. The molecule has 1 aliphatic carbocycles. The first-order valence-electron chi connectivity index (χ1n) is 4.42. The van der Waals surface area contributed by atoms with Crippen LogP contribution in [0.15, 0.2) is 16.6 Å². The number of fused-ring (bicyclic) bond motifs is 1. The molecular formula is C10H11BrClN. The van der Waals surface area contributed by atoms with E-state index in [4.69, 9.17) is 17.3 Å². The lowest BCUT2D eigenvalue weighted by Gasteiger charge is -2.23. The molecule has 0 aromatic heterocycles. The van der Waals surface area contributed by atoms with Gasteiger partial charge in [0.25, 0.3) is 0 Å². The zero-order chi connectivity index (χ0) is 9.42. The lowest BCUT2D eigenvalue weighted by Crippen LogP contribution is -2.17. The van der Waals surface area contributed by atoms with E-state index in [1.54, 1.807) is 0 Å². The molecule has 70 valence electrons. The van der Waals surface area contributed by atoms with Crippen LogP contribution in [0.2, 0.25) is 5.02 Å². The van der Waals surface area contributed by atoms with Gasteiger partial charge in [-0.05, 0) is 42.5 Å². The number of halogens is 2. The molecule has 0 fully saturated rings. The van der Waals surface area contributed by atoms with E-state index < -0.39 is 0 Å². The molecule has 0 saturated carbocycles. The predicted octanol–water partition coefficient (Wildman–Crippen LogP) is 3.44. The number of hydrogen-bond acceptors (Lipinski definition) is 1. The molecule has 1 aromatic rings. The summed E-state index contributed by atoms with van der Waals surface area (Å²) < 4.78 is 1.10. The van der Waals surface area contributed by atoms with E-state index in [1.807, 2.05) is 12.1 Å². The molecule has 3 heteroatoms. The topological polar surface area (TPSA) is 26.0 Å². The van der Waals surface area contributed by atoms with Gasteiger partial charge >= 0.3 is 0 Å². The molecule has 0 saturated heterocycles. The third kappa shape index (κ3) is 1.76. The van der Waals surface area contributed by atoms with E-state index in [0.717, 1.165) is 22.3 Å². The van der Waals surface area contributed by atoms with Crippen molar-refractivity contribution in [3.63, 3.8) is 0 Å². The Morgan fingerprint density at radius 2 is 2.23 bits per heavy atom. The summed E-state index contributed by atoms with van der Waals surface area (Å²) >= 11 is 9.48. The highest BCUT2D eigenvalue weighted by molar-refractivity contribution is 9.10. The third-order valence-electron chi connectivity index (χ3n) is 2.54. The maximum absolute atomic E-state index is 6.00. The predicted molar refractivity (Wildman–Crippen MR) is 59.0 cm³/mol. The highest BCUT2D eigenvalue weighted by Gasteiger charge is 2.19. The van der Waals surface area contributed by atoms with Crippen LogP contribution in [0.5, 0.6) is 0 Å². The number of benzene rings is 1.